The summed E-state index contributed by atoms with van der Waals surface area (Å²) in [5, 5.41) is 2.64. The lowest BCUT2D eigenvalue weighted by Crippen LogP contribution is -2.37. The fourth-order valence-corrected chi connectivity index (χ4v) is 2.02. The van der Waals surface area contributed by atoms with Crippen LogP contribution >= 0.6 is 0 Å². The molecular weight excluding hydrogens is 192 g/mol. The molecule has 0 spiro atoms. The predicted molar refractivity (Wildman–Crippen MR) is 58.3 cm³/mol. The van der Waals surface area contributed by atoms with E-state index in [2.05, 4.69) is 5.32 Å². The van der Waals surface area contributed by atoms with Gasteiger partial charge in [0.05, 0.1) is 0 Å². The molecule has 0 aromatic rings. The number of carbonyl (C=O) groups excluding carboxylic acids is 2. The first-order valence-electron chi connectivity index (χ1n) is 5.61. The van der Waals surface area contributed by atoms with Gasteiger partial charge in [-0.05, 0) is 12.8 Å². The molecule has 1 fully saturated rings. The van der Waals surface area contributed by atoms with E-state index in [1.165, 1.54) is 19.8 Å². The molecule has 0 unspecified atom stereocenters. The molecule has 1 aliphatic carbocycles. The van der Waals surface area contributed by atoms with Crippen molar-refractivity contribution in [3.8, 4) is 0 Å². The molecule has 2 amide bonds. The van der Waals surface area contributed by atoms with Crippen molar-refractivity contribution in [1.29, 1.82) is 0 Å². The van der Waals surface area contributed by atoms with E-state index in [0.29, 0.717) is 19.0 Å². The first-order valence-corrected chi connectivity index (χ1v) is 5.61. The van der Waals surface area contributed by atoms with Gasteiger partial charge in [-0.3, -0.25) is 9.59 Å². The normalized spacial score (nSPS) is 16.4. The van der Waals surface area contributed by atoms with E-state index in [0.717, 1.165) is 12.8 Å². The van der Waals surface area contributed by atoms with Crippen LogP contribution in [0.5, 0.6) is 0 Å². The third kappa shape index (κ3) is 3.90. The van der Waals surface area contributed by atoms with Crippen LogP contribution in [0.1, 0.15) is 39.0 Å². The quantitative estimate of drug-likeness (QED) is 0.753. The second-order valence-corrected chi connectivity index (χ2v) is 4.18. The van der Waals surface area contributed by atoms with Crippen LogP contribution in [0.3, 0.4) is 0 Å². The molecule has 4 nitrogen and oxygen atoms in total. The number of hydrogen-bond acceptors (Lipinski definition) is 2. The third-order valence-corrected chi connectivity index (χ3v) is 2.98. The summed E-state index contributed by atoms with van der Waals surface area (Å²) in [5.74, 6) is 0.0574. The van der Waals surface area contributed by atoms with Crippen LogP contribution in [0.25, 0.3) is 0 Å². The Kier molecular flexibility index (Phi) is 4.59. The Bertz CT molecular complexity index is 235. The van der Waals surface area contributed by atoms with Gasteiger partial charge in [0.15, 0.2) is 0 Å². The molecule has 4 heteroatoms. The van der Waals surface area contributed by atoms with Gasteiger partial charge < -0.3 is 10.2 Å². The number of rotatable bonds is 4. The van der Waals surface area contributed by atoms with Crippen molar-refractivity contribution < 1.29 is 9.59 Å². The molecular formula is C11H20N2O2. The Morgan fingerprint density at radius 3 is 2.47 bits per heavy atom. The van der Waals surface area contributed by atoms with Gasteiger partial charge in [-0.15, -0.1) is 0 Å². The lowest BCUT2D eigenvalue weighted by atomic mass is 10.2. The largest absolute Gasteiger partial charge is 0.356 e. The van der Waals surface area contributed by atoms with Crippen LogP contribution in [-0.4, -0.2) is 36.3 Å². The molecule has 1 aliphatic rings. The SMILES string of the molecule is CC(=O)NCCC(=O)N(C)C1CCCC1. The number of nitrogens with one attached hydrogen (secondary N) is 1. The third-order valence-electron chi connectivity index (χ3n) is 2.98. The summed E-state index contributed by atoms with van der Waals surface area (Å²) in [6.07, 6.45) is 5.12. The second-order valence-electron chi connectivity index (χ2n) is 4.18. The summed E-state index contributed by atoms with van der Waals surface area (Å²) in [6.45, 7) is 1.91. The van der Waals surface area contributed by atoms with Crippen molar-refractivity contribution in [3.05, 3.63) is 0 Å². The van der Waals surface area contributed by atoms with E-state index >= 15 is 0 Å². The van der Waals surface area contributed by atoms with Gasteiger partial charge in [0.25, 0.3) is 0 Å². The standard InChI is InChI=1S/C11H20N2O2/c1-9(14)12-8-7-11(15)13(2)10-5-3-4-6-10/h10H,3-8H2,1-2H3,(H,12,14). The number of amides is 2. The van der Waals surface area contributed by atoms with Crippen LogP contribution in [0, 0.1) is 0 Å². The van der Waals surface area contributed by atoms with Crippen LogP contribution in [-0.2, 0) is 9.59 Å². The topological polar surface area (TPSA) is 49.4 Å². The highest BCUT2D eigenvalue weighted by atomic mass is 16.2. The van der Waals surface area contributed by atoms with Crippen molar-refractivity contribution in [2.45, 2.75) is 45.1 Å². The van der Waals surface area contributed by atoms with Crippen molar-refractivity contribution in [2.75, 3.05) is 13.6 Å². The minimum atomic E-state index is -0.0775. The summed E-state index contributed by atoms with van der Waals surface area (Å²) in [7, 11) is 1.87. The molecule has 0 aliphatic heterocycles. The van der Waals surface area contributed by atoms with Gasteiger partial charge in [-0.1, -0.05) is 12.8 Å². The molecule has 15 heavy (non-hydrogen) atoms. The van der Waals surface area contributed by atoms with E-state index < -0.39 is 0 Å². The minimum Gasteiger partial charge on any atom is -0.356 e. The van der Waals surface area contributed by atoms with Gasteiger partial charge >= 0.3 is 0 Å². The molecule has 0 saturated heterocycles. The fraction of sp³-hybridized carbons (Fsp3) is 0.818. The van der Waals surface area contributed by atoms with E-state index in [4.69, 9.17) is 0 Å². The maximum Gasteiger partial charge on any atom is 0.224 e. The van der Waals surface area contributed by atoms with E-state index in [1.54, 1.807) is 0 Å². The Morgan fingerprint density at radius 2 is 1.93 bits per heavy atom. The number of nitrogens with zero attached hydrogens (tertiary/aromatic N) is 1. The first-order chi connectivity index (χ1) is 7.11. The zero-order valence-electron chi connectivity index (χ0n) is 9.58. The van der Waals surface area contributed by atoms with Crippen molar-refractivity contribution in [3.63, 3.8) is 0 Å². The summed E-state index contributed by atoms with van der Waals surface area (Å²) >= 11 is 0. The predicted octanol–water partition coefficient (Wildman–Crippen LogP) is 0.914. The van der Waals surface area contributed by atoms with Gasteiger partial charge in [0, 0.05) is 33.0 Å². The minimum absolute atomic E-state index is 0.0775. The van der Waals surface area contributed by atoms with E-state index in [-0.39, 0.29) is 11.8 Å². The Labute approximate surface area is 91.0 Å². The van der Waals surface area contributed by atoms with E-state index in [9.17, 15) is 9.59 Å². The average molecular weight is 212 g/mol. The molecule has 1 saturated carbocycles. The Balaban J connectivity index is 2.23. The zero-order chi connectivity index (χ0) is 11.3. The zero-order valence-corrected chi connectivity index (χ0v) is 9.58. The van der Waals surface area contributed by atoms with Gasteiger partial charge in [-0.2, -0.15) is 0 Å². The highest BCUT2D eigenvalue weighted by molar-refractivity contribution is 5.78. The van der Waals surface area contributed by atoms with Crippen LogP contribution in [0.4, 0.5) is 0 Å². The molecule has 0 bridgehead atoms. The Hall–Kier alpha value is -1.06. The van der Waals surface area contributed by atoms with Gasteiger partial charge in [0.1, 0.15) is 0 Å². The molecule has 0 aromatic heterocycles. The van der Waals surface area contributed by atoms with Gasteiger partial charge in [0.2, 0.25) is 11.8 Å². The van der Waals surface area contributed by atoms with Crippen LogP contribution < -0.4 is 5.32 Å². The van der Waals surface area contributed by atoms with Gasteiger partial charge in [-0.25, -0.2) is 0 Å². The fourth-order valence-electron chi connectivity index (χ4n) is 2.02. The summed E-state index contributed by atoms with van der Waals surface area (Å²) < 4.78 is 0. The van der Waals surface area contributed by atoms with Crippen molar-refractivity contribution >= 4 is 11.8 Å². The first kappa shape index (κ1) is 12.0. The number of hydrogen-bond donors (Lipinski definition) is 1. The molecule has 0 radical (unpaired) electrons. The molecule has 0 aromatic carbocycles. The number of carbonyl (C=O) groups is 2. The summed E-state index contributed by atoms with van der Waals surface area (Å²) in [4.78, 5) is 24.1. The Morgan fingerprint density at radius 1 is 1.33 bits per heavy atom. The lowest BCUT2D eigenvalue weighted by molar-refractivity contribution is -0.131. The highest BCUT2D eigenvalue weighted by Gasteiger charge is 2.22. The molecule has 0 heterocycles. The molecule has 0 atom stereocenters. The molecule has 1 N–H and O–H groups in total. The average Bonchev–Trinajstić information content (AvgIpc) is 2.68. The highest BCUT2D eigenvalue weighted by Crippen LogP contribution is 2.22. The lowest BCUT2D eigenvalue weighted by Gasteiger charge is -2.24. The monoisotopic (exact) mass is 212 g/mol. The summed E-state index contributed by atoms with van der Waals surface area (Å²) in [6, 6.07) is 0.426. The maximum absolute atomic E-state index is 11.7. The van der Waals surface area contributed by atoms with Crippen LogP contribution in [0.2, 0.25) is 0 Å². The van der Waals surface area contributed by atoms with Crippen LogP contribution in [0.15, 0.2) is 0 Å². The molecule has 1 rings (SSSR count). The van der Waals surface area contributed by atoms with Crippen molar-refractivity contribution in [1.82, 2.24) is 10.2 Å². The van der Waals surface area contributed by atoms with E-state index in [1.807, 2.05) is 11.9 Å². The smallest absolute Gasteiger partial charge is 0.224 e. The summed E-state index contributed by atoms with van der Waals surface area (Å²) in [5.41, 5.74) is 0. The second kappa shape index (κ2) is 5.73. The van der Waals surface area contributed by atoms with Crippen molar-refractivity contribution in [2.24, 2.45) is 0 Å². The maximum atomic E-state index is 11.7. The molecule has 86 valence electrons.